The lowest BCUT2D eigenvalue weighted by atomic mass is 9.81. The van der Waals surface area contributed by atoms with Gasteiger partial charge in [0.25, 0.3) is 0 Å². The Morgan fingerprint density at radius 1 is 1.41 bits per heavy atom. The number of nitro groups is 1. The highest BCUT2D eigenvalue weighted by atomic mass is 16.7. The SMILES string of the molecule is Cn1c(C(C)(C)c2ccccc2OC(=O)O)cnc1[N+](=O)[O-]. The topological polar surface area (TPSA) is 107 Å². The van der Waals surface area contributed by atoms with E-state index in [-0.39, 0.29) is 11.7 Å². The van der Waals surface area contributed by atoms with Crippen molar-refractivity contribution >= 4 is 12.1 Å². The number of carboxylic acid groups (broad SMARTS) is 1. The third-order valence-corrected chi connectivity index (χ3v) is 3.52. The lowest BCUT2D eigenvalue weighted by molar-refractivity contribution is -0.396. The van der Waals surface area contributed by atoms with E-state index < -0.39 is 16.5 Å². The molecular formula is C14H15N3O5. The van der Waals surface area contributed by atoms with E-state index in [1.54, 1.807) is 25.2 Å². The van der Waals surface area contributed by atoms with Gasteiger partial charge in [-0.15, -0.1) is 0 Å². The molecule has 0 saturated carbocycles. The average molecular weight is 305 g/mol. The maximum atomic E-state index is 10.9. The van der Waals surface area contributed by atoms with Gasteiger partial charge in [0.15, 0.2) is 0 Å². The molecule has 1 aromatic heterocycles. The Labute approximate surface area is 126 Å². The van der Waals surface area contributed by atoms with Crippen molar-refractivity contribution in [2.24, 2.45) is 7.05 Å². The maximum absolute atomic E-state index is 10.9. The van der Waals surface area contributed by atoms with Crippen LogP contribution in [0.1, 0.15) is 25.1 Å². The zero-order valence-corrected chi connectivity index (χ0v) is 12.3. The molecule has 22 heavy (non-hydrogen) atoms. The summed E-state index contributed by atoms with van der Waals surface area (Å²) in [4.78, 5) is 25.0. The lowest BCUT2D eigenvalue weighted by Crippen LogP contribution is -2.24. The van der Waals surface area contributed by atoms with Crippen molar-refractivity contribution in [3.63, 3.8) is 0 Å². The molecule has 0 radical (unpaired) electrons. The fourth-order valence-corrected chi connectivity index (χ4v) is 2.45. The van der Waals surface area contributed by atoms with Crippen molar-refractivity contribution < 1.29 is 19.6 Å². The number of carbonyl (C=O) groups is 1. The predicted molar refractivity (Wildman–Crippen MR) is 77.1 cm³/mol. The van der Waals surface area contributed by atoms with Crippen LogP contribution >= 0.6 is 0 Å². The number of nitrogens with zero attached hydrogens (tertiary/aromatic N) is 3. The van der Waals surface area contributed by atoms with Crippen molar-refractivity contribution in [2.75, 3.05) is 0 Å². The molecule has 8 nitrogen and oxygen atoms in total. The van der Waals surface area contributed by atoms with E-state index in [0.29, 0.717) is 11.3 Å². The van der Waals surface area contributed by atoms with Crippen LogP contribution in [0, 0.1) is 10.1 Å². The van der Waals surface area contributed by atoms with Crippen molar-refractivity contribution in [2.45, 2.75) is 19.3 Å². The van der Waals surface area contributed by atoms with Gasteiger partial charge in [-0.1, -0.05) is 23.2 Å². The van der Waals surface area contributed by atoms with Crippen molar-refractivity contribution in [1.82, 2.24) is 9.55 Å². The highest BCUT2D eigenvalue weighted by Gasteiger charge is 2.35. The summed E-state index contributed by atoms with van der Waals surface area (Å²) in [5.41, 5.74) is 0.429. The summed E-state index contributed by atoms with van der Waals surface area (Å²) < 4.78 is 6.17. The molecule has 0 spiro atoms. The van der Waals surface area contributed by atoms with Crippen LogP contribution in [0.2, 0.25) is 0 Å². The normalized spacial score (nSPS) is 11.2. The van der Waals surface area contributed by atoms with Gasteiger partial charge in [-0.2, -0.15) is 0 Å². The molecule has 8 heteroatoms. The molecule has 0 aliphatic carbocycles. The number of hydrogen-bond donors (Lipinski definition) is 1. The molecule has 0 amide bonds. The molecule has 116 valence electrons. The average Bonchev–Trinajstić information content (AvgIpc) is 2.81. The van der Waals surface area contributed by atoms with Gasteiger partial charge in [0.2, 0.25) is 0 Å². The predicted octanol–water partition coefficient (Wildman–Crippen LogP) is 2.71. The van der Waals surface area contributed by atoms with Crippen LogP contribution in [-0.4, -0.2) is 25.7 Å². The number of para-hydroxylation sites is 1. The second kappa shape index (κ2) is 5.47. The Morgan fingerprint density at radius 3 is 2.59 bits per heavy atom. The minimum atomic E-state index is -1.42. The number of imidazole rings is 1. The molecule has 0 unspecified atom stereocenters. The first-order valence-corrected chi connectivity index (χ1v) is 6.42. The standard InChI is InChI=1S/C14H15N3O5/c1-14(2,11-8-15-12(16(11)3)17(20)21)9-6-4-5-7-10(9)22-13(18)19/h4-8H,1-3H3,(H,18,19). The van der Waals surface area contributed by atoms with Gasteiger partial charge in [0.1, 0.15) is 17.6 Å². The molecule has 0 aliphatic heterocycles. The van der Waals surface area contributed by atoms with Crippen molar-refractivity contribution in [1.29, 1.82) is 0 Å². The highest BCUT2D eigenvalue weighted by Crippen LogP contribution is 2.37. The van der Waals surface area contributed by atoms with Crippen LogP contribution in [0.15, 0.2) is 30.5 Å². The third-order valence-electron chi connectivity index (χ3n) is 3.52. The van der Waals surface area contributed by atoms with Gasteiger partial charge in [-0.25, -0.2) is 9.36 Å². The van der Waals surface area contributed by atoms with Crippen LogP contribution < -0.4 is 4.74 Å². The largest absolute Gasteiger partial charge is 0.511 e. The Balaban J connectivity index is 2.56. The lowest BCUT2D eigenvalue weighted by Gasteiger charge is -2.25. The summed E-state index contributed by atoms with van der Waals surface area (Å²) in [7, 11) is 1.54. The Hall–Kier alpha value is -2.90. The maximum Gasteiger partial charge on any atom is 0.511 e. The number of benzene rings is 1. The van der Waals surface area contributed by atoms with Crippen LogP contribution in [0.5, 0.6) is 5.75 Å². The van der Waals surface area contributed by atoms with Gasteiger partial charge in [0, 0.05) is 5.56 Å². The molecule has 1 heterocycles. The summed E-state index contributed by atoms with van der Waals surface area (Å²) in [6, 6.07) is 6.66. The second-order valence-corrected chi connectivity index (χ2v) is 5.25. The molecule has 1 aromatic carbocycles. The number of hydrogen-bond acceptors (Lipinski definition) is 5. The minimum absolute atomic E-state index is 0.184. The number of aromatic nitrogens is 2. The van der Waals surface area contributed by atoms with E-state index in [9.17, 15) is 14.9 Å². The van der Waals surface area contributed by atoms with Gasteiger partial charge in [-0.05, 0) is 24.8 Å². The molecular weight excluding hydrogens is 290 g/mol. The van der Waals surface area contributed by atoms with E-state index >= 15 is 0 Å². The Kier molecular flexibility index (Phi) is 3.85. The van der Waals surface area contributed by atoms with Crippen molar-refractivity contribution in [3.8, 4) is 5.75 Å². The first kappa shape index (κ1) is 15.5. The quantitative estimate of drug-likeness (QED) is 0.403. The Bertz CT molecular complexity index is 736. The van der Waals surface area contributed by atoms with Gasteiger partial charge < -0.3 is 20.0 Å². The van der Waals surface area contributed by atoms with E-state index in [1.807, 2.05) is 13.8 Å². The molecule has 0 fully saturated rings. The van der Waals surface area contributed by atoms with Crippen LogP contribution in [0.25, 0.3) is 0 Å². The molecule has 1 N–H and O–H groups in total. The monoisotopic (exact) mass is 305 g/mol. The van der Waals surface area contributed by atoms with Crippen LogP contribution in [0.3, 0.4) is 0 Å². The molecule has 2 aromatic rings. The fourth-order valence-electron chi connectivity index (χ4n) is 2.45. The molecule has 2 rings (SSSR count). The first-order chi connectivity index (χ1) is 10.2. The summed E-state index contributed by atoms with van der Waals surface area (Å²) >= 11 is 0. The summed E-state index contributed by atoms with van der Waals surface area (Å²) in [6.07, 6.45) is -0.00499. The summed E-state index contributed by atoms with van der Waals surface area (Å²) in [5, 5.41) is 19.8. The van der Waals surface area contributed by atoms with Crippen LogP contribution in [-0.2, 0) is 12.5 Å². The van der Waals surface area contributed by atoms with Gasteiger partial charge in [0.05, 0.1) is 12.5 Å². The number of rotatable bonds is 4. The zero-order valence-electron chi connectivity index (χ0n) is 12.3. The molecule has 0 bridgehead atoms. The van der Waals surface area contributed by atoms with Crippen molar-refractivity contribution in [3.05, 3.63) is 51.8 Å². The second-order valence-electron chi connectivity index (χ2n) is 5.25. The zero-order chi connectivity index (χ0) is 16.5. The highest BCUT2D eigenvalue weighted by molar-refractivity contribution is 5.63. The summed E-state index contributed by atoms with van der Waals surface area (Å²) in [6.45, 7) is 3.63. The fraction of sp³-hybridized carbons (Fsp3) is 0.286. The molecule has 0 saturated heterocycles. The minimum Gasteiger partial charge on any atom is -0.449 e. The molecule has 0 aliphatic rings. The number of ether oxygens (including phenoxy) is 1. The van der Waals surface area contributed by atoms with E-state index in [2.05, 4.69) is 4.98 Å². The third kappa shape index (κ3) is 2.62. The molecule has 0 atom stereocenters. The Morgan fingerprint density at radius 2 is 2.05 bits per heavy atom. The van der Waals surface area contributed by atoms with Gasteiger partial charge >= 0.3 is 12.1 Å². The van der Waals surface area contributed by atoms with Crippen LogP contribution in [0.4, 0.5) is 10.7 Å². The first-order valence-electron chi connectivity index (χ1n) is 6.42. The van der Waals surface area contributed by atoms with E-state index in [1.165, 1.54) is 16.8 Å². The van der Waals surface area contributed by atoms with Gasteiger partial charge in [-0.3, -0.25) is 0 Å². The smallest absolute Gasteiger partial charge is 0.449 e. The summed E-state index contributed by atoms with van der Waals surface area (Å²) in [5.74, 6) is -0.0939. The van der Waals surface area contributed by atoms with E-state index in [0.717, 1.165) is 0 Å². The van der Waals surface area contributed by atoms with E-state index in [4.69, 9.17) is 9.84 Å².